The molecule has 0 unspecified atom stereocenters. The van der Waals surface area contributed by atoms with Crippen LogP contribution in [0.25, 0.3) is 10.8 Å². The van der Waals surface area contributed by atoms with Gasteiger partial charge < -0.3 is 14.4 Å². The molecular weight excluding hydrogens is 360 g/mol. The maximum atomic E-state index is 12.8. The minimum Gasteiger partial charge on any atom is -0.496 e. The third-order valence-corrected chi connectivity index (χ3v) is 4.39. The smallest absolute Gasteiger partial charge is 0.314 e. The Labute approximate surface area is 162 Å². The molecule has 0 aromatic heterocycles. The predicted octanol–water partition coefficient (Wildman–Crippen LogP) is 4.19. The Bertz CT molecular complexity index is 1010. The summed E-state index contributed by atoms with van der Waals surface area (Å²) in [4.78, 5) is 25.1. The number of nitro groups is 1. The van der Waals surface area contributed by atoms with E-state index in [9.17, 15) is 14.9 Å². The van der Waals surface area contributed by atoms with Crippen LogP contribution in [-0.4, -0.2) is 31.1 Å². The molecule has 3 aromatic carbocycles. The first-order chi connectivity index (χ1) is 13.5. The summed E-state index contributed by atoms with van der Waals surface area (Å²) in [6.07, 6.45) is 0. The highest BCUT2D eigenvalue weighted by Gasteiger charge is 2.21. The van der Waals surface area contributed by atoms with E-state index in [-0.39, 0.29) is 24.0 Å². The molecule has 0 spiro atoms. The Morgan fingerprint density at radius 3 is 2.57 bits per heavy atom. The van der Waals surface area contributed by atoms with Crippen molar-refractivity contribution in [2.75, 3.05) is 25.2 Å². The van der Waals surface area contributed by atoms with Crippen LogP contribution in [0.2, 0.25) is 0 Å². The van der Waals surface area contributed by atoms with Crippen molar-refractivity contribution in [1.29, 1.82) is 0 Å². The van der Waals surface area contributed by atoms with E-state index in [1.165, 1.54) is 19.2 Å². The first kappa shape index (κ1) is 19.2. The molecule has 0 atom stereocenters. The van der Waals surface area contributed by atoms with E-state index in [1.54, 1.807) is 11.0 Å². The molecule has 0 fully saturated rings. The van der Waals surface area contributed by atoms with Crippen LogP contribution in [0.5, 0.6) is 11.5 Å². The Kier molecular flexibility index (Phi) is 5.74. The van der Waals surface area contributed by atoms with E-state index in [0.29, 0.717) is 12.3 Å². The van der Waals surface area contributed by atoms with Crippen molar-refractivity contribution in [2.45, 2.75) is 6.92 Å². The maximum Gasteiger partial charge on any atom is 0.314 e. The third kappa shape index (κ3) is 3.88. The minimum absolute atomic E-state index is 0.0214. The van der Waals surface area contributed by atoms with Crippen LogP contribution in [-0.2, 0) is 4.79 Å². The van der Waals surface area contributed by atoms with Crippen LogP contribution in [0, 0.1) is 10.1 Å². The summed E-state index contributed by atoms with van der Waals surface area (Å²) in [5.74, 6) is 0.0772. The number of nitro benzene ring substituents is 1. The fourth-order valence-corrected chi connectivity index (χ4v) is 3.03. The molecule has 0 saturated carbocycles. The van der Waals surface area contributed by atoms with Crippen LogP contribution in [0.3, 0.4) is 0 Å². The molecule has 144 valence electrons. The number of ether oxygens (including phenoxy) is 2. The maximum absolute atomic E-state index is 12.8. The Balaban J connectivity index is 1.83. The van der Waals surface area contributed by atoms with Gasteiger partial charge in [-0.25, -0.2) is 0 Å². The lowest BCUT2D eigenvalue weighted by molar-refractivity contribution is -0.385. The zero-order valence-electron chi connectivity index (χ0n) is 15.6. The van der Waals surface area contributed by atoms with Gasteiger partial charge in [0.25, 0.3) is 5.91 Å². The van der Waals surface area contributed by atoms with Crippen molar-refractivity contribution in [3.63, 3.8) is 0 Å². The first-order valence-corrected chi connectivity index (χ1v) is 8.78. The molecule has 3 rings (SSSR count). The summed E-state index contributed by atoms with van der Waals surface area (Å²) >= 11 is 0. The average molecular weight is 380 g/mol. The third-order valence-electron chi connectivity index (χ3n) is 4.39. The number of carbonyl (C=O) groups excluding carboxylic acids is 1. The molecule has 3 aromatic rings. The zero-order valence-corrected chi connectivity index (χ0v) is 15.6. The van der Waals surface area contributed by atoms with Gasteiger partial charge >= 0.3 is 5.69 Å². The number of methoxy groups -OCH3 is 1. The van der Waals surface area contributed by atoms with E-state index >= 15 is 0 Å². The second-order valence-electron chi connectivity index (χ2n) is 6.02. The number of hydrogen-bond donors (Lipinski definition) is 0. The number of nitrogens with zero attached hydrogens (tertiary/aromatic N) is 2. The minimum atomic E-state index is -0.565. The largest absolute Gasteiger partial charge is 0.496 e. The van der Waals surface area contributed by atoms with Gasteiger partial charge in [0.2, 0.25) is 0 Å². The zero-order chi connectivity index (χ0) is 20.1. The molecule has 0 aliphatic rings. The van der Waals surface area contributed by atoms with Gasteiger partial charge in [0.15, 0.2) is 12.4 Å². The number of anilines is 1. The lowest BCUT2D eigenvalue weighted by Crippen LogP contribution is -2.35. The van der Waals surface area contributed by atoms with Crippen LogP contribution in [0.1, 0.15) is 6.92 Å². The molecule has 0 bridgehead atoms. The summed E-state index contributed by atoms with van der Waals surface area (Å²) in [7, 11) is 1.42. The van der Waals surface area contributed by atoms with Crippen molar-refractivity contribution in [3.8, 4) is 11.5 Å². The number of amides is 1. The van der Waals surface area contributed by atoms with Gasteiger partial charge in [-0.2, -0.15) is 0 Å². The van der Waals surface area contributed by atoms with Crippen molar-refractivity contribution >= 4 is 28.1 Å². The molecule has 0 N–H and O–H groups in total. The van der Waals surface area contributed by atoms with Crippen LogP contribution in [0.15, 0.2) is 60.7 Å². The van der Waals surface area contributed by atoms with Gasteiger partial charge in [0.05, 0.1) is 23.8 Å². The number of rotatable bonds is 7. The molecule has 7 heteroatoms. The van der Waals surface area contributed by atoms with Gasteiger partial charge in [-0.15, -0.1) is 0 Å². The molecule has 0 radical (unpaired) electrons. The highest BCUT2D eigenvalue weighted by molar-refractivity contribution is 6.04. The van der Waals surface area contributed by atoms with Gasteiger partial charge in [-0.3, -0.25) is 14.9 Å². The summed E-state index contributed by atoms with van der Waals surface area (Å²) in [6, 6.07) is 17.8. The SMILES string of the molecule is CCN(C(=O)COc1ccc(OC)cc1[N+](=O)[O-])c1cccc2ccccc12. The fraction of sp³-hybridized carbons (Fsp3) is 0.190. The fourth-order valence-electron chi connectivity index (χ4n) is 3.03. The molecule has 7 nitrogen and oxygen atoms in total. The number of carbonyl (C=O) groups is 1. The normalized spacial score (nSPS) is 10.5. The standard InChI is InChI=1S/C21H20N2O5/c1-3-22(18-10-6-8-15-7-4-5-9-17(15)18)21(24)14-28-20-12-11-16(27-2)13-19(20)23(25)26/h4-13H,3,14H2,1-2H3. The topological polar surface area (TPSA) is 81.9 Å². The summed E-state index contributed by atoms with van der Waals surface area (Å²) < 4.78 is 10.5. The van der Waals surface area contributed by atoms with Crippen LogP contribution < -0.4 is 14.4 Å². The second-order valence-corrected chi connectivity index (χ2v) is 6.02. The highest BCUT2D eigenvalue weighted by atomic mass is 16.6. The van der Waals surface area contributed by atoms with Gasteiger partial charge in [-0.05, 0) is 30.5 Å². The average Bonchev–Trinajstić information content (AvgIpc) is 2.72. The van der Waals surface area contributed by atoms with Crippen LogP contribution in [0.4, 0.5) is 11.4 Å². The highest BCUT2D eigenvalue weighted by Crippen LogP contribution is 2.31. The molecule has 0 heterocycles. The number of fused-ring (bicyclic) bond motifs is 1. The second kappa shape index (κ2) is 8.39. The molecule has 1 amide bonds. The molecule has 0 aliphatic carbocycles. The van der Waals surface area contributed by atoms with E-state index in [4.69, 9.17) is 9.47 Å². The first-order valence-electron chi connectivity index (χ1n) is 8.78. The van der Waals surface area contributed by atoms with E-state index < -0.39 is 4.92 Å². The number of benzene rings is 3. The predicted molar refractivity (Wildman–Crippen MR) is 107 cm³/mol. The quantitative estimate of drug-likeness (QED) is 0.453. The van der Waals surface area contributed by atoms with E-state index in [1.807, 2.05) is 49.4 Å². The summed E-state index contributed by atoms with van der Waals surface area (Å²) in [6.45, 7) is 2.00. The molecule has 0 aliphatic heterocycles. The molecular formula is C21H20N2O5. The summed E-state index contributed by atoms with van der Waals surface area (Å²) in [5, 5.41) is 13.2. The number of likely N-dealkylation sites (N-methyl/N-ethyl adjacent to an activating group) is 1. The van der Waals surface area contributed by atoms with Crippen molar-refractivity contribution in [2.24, 2.45) is 0 Å². The Hall–Kier alpha value is -3.61. The monoisotopic (exact) mass is 380 g/mol. The lowest BCUT2D eigenvalue weighted by atomic mass is 10.1. The molecule has 28 heavy (non-hydrogen) atoms. The van der Waals surface area contributed by atoms with Gasteiger partial charge in [0.1, 0.15) is 5.75 Å². The lowest BCUT2D eigenvalue weighted by Gasteiger charge is -2.23. The summed E-state index contributed by atoms with van der Waals surface area (Å²) in [5.41, 5.74) is 0.527. The van der Waals surface area contributed by atoms with Gasteiger partial charge in [-0.1, -0.05) is 36.4 Å². The number of hydrogen-bond acceptors (Lipinski definition) is 5. The van der Waals surface area contributed by atoms with Crippen molar-refractivity contribution in [1.82, 2.24) is 0 Å². The molecule has 0 saturated heterocycles. The van der Waals surface area contributed by atoms with E-state index in [0.717, 1.165) is 16.5 Å². The van der Waals surface area contributed by atoms with Crippen molar-refractivity contribution in [3.05, 3.63) is 70.8 Å². The van der Waals surface area contributed by atoms with Gasteiger partial charge in [0, 0.05) is 11.9 Å². The van der Waals surface area contributed by atoms with E-state index in [2.05, 4.69) is 0 Å². The van der Waals surface area contributed by atoms with Crippen LogP contribution >= 0.6 is 0 Å². The van der Waals surface area contributed by atoms with Crippen molar-refractivity contribution < 1.29 is 19.2 Å². The Morgan fingerprint density at radius 2 is 1.86 bits per heavy atom. The Morgan fingerprint density at radius 1 is 1.11 bits per heavy atom.